The molecule has 0 spiro atoms. The van der Waals surface area contributed by atoms with Crippen LogP contribution in [-0.2, 0) is 4.74 Å². The summed E-state index contributed by atoms with van der Waals surface area (Å²) in [4.78, 5) is 0. The summed E-state index contributed by atoms with van der Waals surface area (Å²) in [5.74, 6) is 0. The molecule has 10 heavy (non-hydrogen) atoms. The van der Waals surface area contributed by atoms with E-state index in [1.165, 1.54) is 0 Å². The molecule has 0 fully saturated rings. The van der Waals surface area contributed by atoms with E-state index in [0.29, 0.717) is 6.42 Å². The average molecular weight is 148 g/mol. The SMILES string of the molecule is CC.COC(C)(C)CCO. The summed E-state index contributed by atoms with van der Waals surface area (Å²) in [6.07, 6.45) is 0.698. The van der Waals surface area contributed by atoms with Crippen molar-refractivity contribution in [1.82, 2.24) is 0 Å². The third kappa shape index (κ3) is 7.92. The van der Waals surface area contributed by atoms with Crippen LogP contribution in [0.3, 0.4) is 0 Å². The second-order valence-electron chi connectivity index (χ2n) is 2.44. The van der Waals surface area contributed by atoms with Crippen molar-refractivity contribution < 1.29 is 9.84 Å². The molecular weight excluding hydrogens is 128 g/mol. The minimum Gasteiger partial charge on any atom is -0.396 e. The molecule has 0 aliphatic rings. The maximum Gasteiger partial charge on any atom is 0.0644 e. The molecule has 0 saturated heterocycles. The van der Waals surface area contributed by atoms with Crippen LogP contribution in [0.2, 0.25) is 0 Å². The molecule has 2 heteroatoms. The number of hydrogen-bond donors (Lipinski definition) is 1. The highest BCUT2D eigenvalue weighted by atomic mass is 16.5. The lowest BCUT2D eigenvalue weighted by molar-refractivity contribution is 0.00293. The van der Waals surface area contributed by atoms with Gasteiger partial charge in [0, 0.05) is 13.7 Å². The van der Waals surface area contributed by atoms with Gasteiger partial charge in [0.25, 0.3) is 0 Å². The summed E-state index contributed by atoms with van der Waals surface area (Å²) in [5, 5.41) is 8.45. The quantitative estimate of drug-likeness (QED) is 0.661. The Bertz CT molecular complexity index is 60.3. The van der Waals surface area contributed by atoms with Crippen LogP contribution in [-0.4, -0.2) is 24.4 Å². The fraction of sp³-hybridized carbons (Fsp3) is 1.00. The van der Waals surface area contributed by atoms with Crippen LogP contribution < -0.4 is 0 Å². The Morgan fingerprint density at radius 3 is 1.80 bits per heavy atom. The zero-order valence-corrected chi connectivity index (χ0v) is 7.77. The van der Waals surface area contributed by atoms with Crippen LogP contribution in [0.5, 0.6) is 0 Å². The van der Waals surface area contributed by atoms with Crippen molar-refractivity contribution in [2.24, 2.45) is 0 Å². The van der Waals surface area contributed by atoms with Crippen molar-refractivity contribution in [2.45, 2.75) is 39.7 Å². The molecule has 0 rings (SSSR count). The van der Waals surface area contributed by atoms with Crippen LogP contribution in [0.1, 0.15) is 34.1 Å². The Kier molecular flexibility index (Phi) is 8.85. The molecule has 0 atom stereocenters. The van der Waals surface area contributed by atoms with Gasteiger partial charge in [-0.05, 0) is 20.3 Å². The molecule has 0 aromatic carbocycles. The molecule has 0 radical (unpaired) electrons. The molecule has 0 aliphatic carbocycles. The van der Waals surface area contributed by atoms with Gasteiger partial charge in [-0.1, -0.05) is 13.8 Å². The van der Waals surface area contributed by atoms with Gasteiger partial charge in [-0.2, -0.15) is 0 Å². The third-order valence-corrected chi connectivity index (χ3v) is 1.27. The molecule has 64 valence electrons. The molecule has 0 aromatic heterocycles. The minimum atomic E-state index is -0.158. The first-order valence-electron chi connectivity index (χ1n) is 3.78. The number of hydrogen-bond acceptors (Lipinski definition) is 2. The maximum atomic E-state index is 8.45. The summed E-state index contributed by atoms with van der Waals surface area (Å²) >= 11 is 0. The van der Waals surface area contributed by atoms with E-state index >= 15 is 0 Å². The van der Waals surface area contributed by atoms with Gasteiger partial charge in [0.05, 0.1) is 5.60 Å². The van der Waals surface area contributed by atoms with Crippen molar-refractivity contribution >= 4 is 0 Å². The van der Waals surface area contributed by atoms with Crippen molar-refractivity contribution in [3.63, 3.8) is 0 Å². The summed E-state index contributed by atoms with van der Waals surface area (Å²) in [7, 11) is 1.65. The van der Waals surface area contributed by atoms with E-state index in [-0.39, 0.29) is 12.2 Å². The summed E-state index contributed by atoms with van der Waals surface area (Å²) < 4.78 is 5.02. The predicted octanol–water partition coefficient (Wildman–Crippen LogP) is 1.82. The lowest BCUT2D eigenvalue weighted by Crippen LogP contribution is -2.23. The van der Waals surface area contributed by atoms with Gasteiger partial charge >= 0.3 is 0 Å². The van der Waals surface area contributed by atoms with Crippen LogP contribution in [0.4, 0.5) is 0 Å². The highest BCUT2D eigenvalue weighted by molar-refractivity contribution is 4.65. The topological polar surface area (TPSA) is 29.5 Å². The average Bonchev–Trinajstić information content (AvgIpc) is 1.93. The monoisotopic (exact) mass is 148 g/mol. The van der Waals surface area contributed by atoms with E-state index in [2.05, 4.69) is 0 Å². The molecule has 0 amide bonds. The van der Waals surface area contributed by atoms with Crippen LogP contribution >= 0.6 is 0 Å². The lowest BCUT2D eigenvalue weighted by Gasteiger charge is -2.20. The number of methoxy groups -OCH3 is 1. The van der Waals surface area contributed by atoms with Gasteiger partial charge in [0.15, 0.2) is 0 Å². The molecule has 0 heterocycles. The van der Waals surface area contributed by atoms with E-state index < -0.39 is 0 Å². The van der Waals surface area contributed by atoms with E-state index in [1.807, 2.05) is 27.7 Å². The smallest absolute Gasteiger partial charge is 0.0644 e. The van der Waals surface area contributed by atoms with E-state index in [4.69, 9.17) is 9.84 Å². The zero-order chi connectivity index (χ0) is 8.62. The number of ether oxygens (including phenoxy) is 1. The molecule has 0 aliphatic heterocycles. The summed E-state index contributed by atoms with van der Waals surface area (Å²) in [6.45, 7) is 8.09. The van der Waals surface area contributed by atoms with Crippen molar-refractivity contribution in [1.29, 1.82) is 0 Å². The third-order valence-electron chi connectivity index (χ3n) is 1.27. The Labute approximate surface area is 64.2 Å². The Hall–Kier alpha value is -0.0800. The maximum absolute atomic E-state index is 8.45. The molecule has 2 nitrogen and oxygen atoms in total. The Morgan fingerprint density at radius 2 is 1.70 bits per heavy atom. The number of aliphatic hydroxyl groups is 1. The number of rotatable bonds is 3. The van der Waals surface area contributed by atoms with Crippen LogP contribution in [0.15, 0.2) is 0 Å². The second kappa shape index (κ2) is 7.03. The largest absolute Gasteiger partial charge is 0.396 e. The standard InChI is InChI=1S/C6H14O2.C2H6/c1-6(2,8-3)4-5-7;1-2/h7H,4-5H2,1-3H3;1-2H3. The molecular formula is C8H20O2. The Morgan fingerprint density at radius 1 is 1.30 bits per heavy atom. The minimum absolute atomic E-state index is 0.158. The van der Waals surface area contributed by atoms with Gasteiger partial charge in [-0.3, -0.25) is 0 Å². The first kappa shape index (κ1) is 12.6. The fourth-order valence-corrected chi connectivity index (χ4v) is 0.371. The lowest BCUT2D eigenvalue weighted by atomic mass is 10.1. The van der Waals surface area contributed by atoms with Gasteiger partial charge in [0.1, 0.15) is 0 Å². The summed E-state index contributed by atoms with van der Waals surface area (Å²) in [6, 6.07) is 0. The molecule has 1 N–H and O–H groups in total. The van der Waals surface area contributed by atoms with Crippen LogP contribution in [0, 0.1) is 0 Å². The molecule has 0 aromatic rings. The Balaban J connectivity index is 0. The fourth-order valence-electron chi connectivity index (χ4n) is 0.371. The summed E-state index contributed by atoms with van der Waals surface area (Å²) in [5.41, 5.74) is -0.158. The highest BCUT2D eigenvalue weighted by Crippen LogP contribution is 2.10. The van der Waals surface area contributed by atoms with Crippen molar-refractivity contribution in [2.75, 3.05) is 13.7 Å². The van der Waals surface area contributed by atoms with Gasteiger partial charge in [-0.25, -0.2) is 0 Å². The molecule has 0 unspecified atom stereocenters. The molecule has 0 bridgehead atoms. The van der Waals surface area contributed by atoms with E-state index in [0.717, 1.165) is 0 Å². The zero-order valence-electron chi connectivity index (χ0n) is 7.77. The first-order chi connectivity index (χ1) is 4.62. The van der Waals surface area contributed by atoms with E-state index in [9.17, 15) is 0 Å². The van der Waals surface area contributed by atoms with Crippen molar-refractivity contribution in [3.8, 4) is 0 Å². The van der Waals surface area contributed by atoms with Crippen LogP contribution in [0.25, 0.3) is 0 Å². The molecule has 0 saturated carbocycles. The van der Waals surface area contributed by atoms with Crippen molar-refractivity contribution in [3.05, 3.63) is 0 Å². The number of aliphatic hydroxyl groups excluding tert-OH is 1. The van der Waals surface area contributed by atoms with E-state index in [1.54, 1.807) is 7.11 Å². The highest BCUT2D eigenvalue weighted by Gasteiger charge is 2.13. The van der Waals surface area contributed by atoms with Gasteiger partial charge < -0.3 is 9.84 Å². The second-order valence-corrected chi connectivity index (χ2v) is 2.44. The normalized spacial score (nSPS) is 10.2. The predicted molar refractivity (Wildman–Crippen MR) is 44.1 cm³/mol. The van der Waals surface area contributed by atoms with Gasteiger partial charge in [-0.15, -0.1) is 0 Å². The first-order valence-corrected chi connectivity index (χ1v) is 3.78. The van der Waals surface area contributed by atoms with Gasteiger partial charge in [0.2, 0.25) is 0 Å².